The van der Waals surface area contributed by atoms with Crippen molar-refractivity contribution in [2.24, 2.45) is 11.7 Å². The molecule has 1 aromatic carbocycles. The van der Waals surface area contributed by atoms with Gasteiger partial charge in [0.2, 0.25) is 15.9 Å². The van der Waals surface area contributed by atoms with Crippen molar-refractivity contribution in [2.75, 3.05) is 26.0 Å². The largest absolute Gasteiger partial charge is 0.492 e. The molecule has 0 spiro atoms. The van der Waals surface area contributed by atoms with Gasteiger partial charge in [0.25, 0.3) is 0 Å². The maximum atomic E-state index is 12.5. The van der Waals surface area contributed by atoms with Gasteiger partial charge in [-0.2, -0.15) is 0 Å². The molecule has 0 radical (unpaired) electrons. The Balaban J connectivity index is 3.22. The van der Waals surface area contributed by atoms with Gasteiger partial charge in [-0.05, 0) is 31.0 Å². The van der Waals surface area contributed by atoms with Crippen LogP contribution in [0.2, 0.25) is 0 Å². The van der Waals surface area contributed by atoms with Crippen molar-refractivity contribution in [3.8, 4) is 5.75 Å². The summed E-state index contributed by atoms with van der Waals surface area (Å²) in [5.74, 6) is -0.527. The molecule has 1 rings (SSSR count). The summed E-state index contributed by atoms with van der Waals surface area (Å²) in [6.07, 6.45) is 0. The number of hydrogen-bond acceptors (Lipinski definition) is 5. The fourth-order valence-electron chi connectivity index (χ4n) is 2.17. The van der Waals surface area contributed by atoms with Gasteiger partial charge in [-0.15, -0.1) is 0 Å². The molecule has 0 aliphatic heterocycles. The van der Waals surface area contributed by atoms with Gasteiger partial charge >= 0.3 is 6.03 Å². The standard InChI is InChI=1S/C16H26N4O5S/c1-6-25-12-8-7-11(9-13(12)26(23,24)20(4)5)18-15(21)14(10(2)3)19-16(17)22/h7-10,14H,6H2,1-5H3,(H,18,21)(H3,17,19,22). The minimum atomic E-state index is -3.78. The zero-order chi connectivity index (χ0) is 20.1. The summed E-state index contributed by atoms with van der Waals surface area (Å²) in [6.45, 7) is 5.53. The number of nitrogens with one attached hydrogen (secondary N) is 2. The predicted molar refractivity (Wildman–Crippen MR) is 98.5 cm³/mol. The third-order valence-electron chi connectivity index (χ3n) is 3.52. The van der Waals surface area contributed by atoms with E-state index < -0.39 is 28.0 Å². The summed E-state index contributed by atoms with van der Waals surface area (Å²) < 4.78 is 31.5. The zero-order valence-electron chi connectivity index (χ0n) is 15.6. The second-order valence-corrected chi connectivity index (χ2v) is 8.22. The fourth-order valence-corrected chi connectivity index (χ4v) is 3.22. The fraction of sp³-hybridized carbons (Fsp3) is 0.500. The lowest BCUT2D eigenvalue weighted by atomic mass is 10.0. The number of nitrogens with two attached hydrogens (primary N) is 1. The van der Waals surface area contributed by atoms with Crippen LogP contribution in [0.1, 0.15) is 20.8 Å². The van der Waals surface area contributed by atoms with E-state index in [-0.39, 0.29) is 22.3 Å². The number of ether oxygens (including phenoxy) is 1. The summed E-state index contributed by atoms with van der Waals surface area (Å²) >= 11 is 0. The molecule has 0 saturated carbocycles. The number of hydrogen-bond donors (Lipinski definition) is 3. The highest BCUT2D eigenvalue weighted by Crippen LogP contribution is 2.29. The molecule has 0 aliphatic carbocycles. The summed E-state index contributed by atoms with van der Waals surface area (Å²) in [5, 5.41) is 4.97. The molecular formula is C16H26N4O5S. The van der Waals surface area contributed by atoms with Crippen LogP contribution in [-0.4, -0.2) is 51.4 Å². The van der Waals surface area contributed by atoms with Gasteiger partial charge in [-0.3, -0.25) is 4.79 Å². The minimum absolute atomic E-state index is 0.0638. The molecule has 10 heteroatoms. The van der Waals surface area contributed by atoms with E-state index >= 15 is 0 Å². The number of anilines is 1. The van der Waals surface area contributed by atoms with Gasteiger partial charge < -0.3 is 21.1 Å². The van der Waals surface area contributed by atoms with Gasteiger partial charge in [0.15, 0.2) is 0 Å². The first kappa shape index (κ1) is 21.7. The van der Waals surface area contributed by atoms with E-state index in [9.17, 15) is 18.0 Å². The molecule has 146 valence electrons. The molecule has 0 aromatic heterocycles. The minimum Gasteiger partial charge on any atom is -0.492 e. The van der Waals surface area contributed by atoms with E-state index in [0.717, 1.165) is 4.31 Å². The number of amides is 3. The van der Waals surface area contributed by atoms with E-state index in [4.69, 9.17) is 10.5 Å². The van der Waals surface area contributed by atoms with E-state index in [1.807, 2.05) is 0 Å². The molecule has 0 saturated heterocycles. The van der Waals surface area contributed by atoms with Crippen LogP contribution in [0.25, 0.3) is 0 Å². The molecule has 26 heavy (non-hydrogen) atoms. The van der Waals surface area contributed by atoms with Crippen molar-refractivity contribution in [1.82, 2.24) is 9.62 Å². The number of primary amides is 1. The Morgan fingerprint density at radius 3 is 2.35 bits per heavy atom. The number of sulfonamides is 1. The molecule has 0 aliphatic rings. The smallest absolute Gasteiger partial charge is 0.312 e. The second-order valence-electron chi connectivity index (χ2n) is 6.10. The Morgan fingerprint density at radius 2 is 1.88 bits per heavy atom. The van der Waals surface area contributed by atoms with Crippen molar-refractivity contribution in [1.29, 1.82) is 0 Å². The van der Waals surface area contributed by atoms with E-state index in [2.05, 4.69) is 10.6 Å². The summed E-state index contributed by atoms with van der Waals surface area (Å²) in [6, 6.07) is 2.65. The number of rotatable bonds is 8. The Hall–Kier alpha value is -2.33. The SMILES string of the molecule is CCOc1ccc(NC(=O)C(NC(N)=O)C(C)C)cc1S(=O)(=O)N(C)C. The Morgan fingerprint density at radius 1 is 1.27 bits per heavy atom. The molecule has 9 nitrogen and oxygen atoms in total. The van der Waals surface area contributed by atoms with Crippen molar-refractivity contribution < 1.29 is 22.7 Å². The van der Waals surface area contributed by atoms with Gasteiger partial charge in [0, 0.05) is 19.8 Å². The van der Waals surface area contributed by atoms with Gasteiger partial charge in [0.05, 0.1) is 6.61 Å². The van der Waals surface area contributed by atoms with E-state index in [1.165, 1.54) is 32.3 Å². The first-order valence-electron chi connectivity index (χ1n) is 8.06. The number of urea groups is 1. The topological polar surface area (TPSA) is 131 Å². The average Bonchev–Trinajstić information content (AvgIpc) is 2.53. The van der Waals surface area contributed by atoms with Gasteiger partial charge in [0.1, 0.15) is 16.7 Å². The van der Waals surface area contributed by atoms with E-state index in [1.54, 1.807) is 20.8 Å². The van der Waals surface area contributed by atoms with Crippen molar-refractivity contribution in [3.05, 3.63) is 18.2 Å². The monoisotopic (exact) mass is 386 g/mol. The molecular weight excluding hydrogens is 360 g/mol. The van der Waals surface area contributed by atoms with Gasteiger partial charge in [-0.25, -0.2) is 17.5 Å². The lowest BCUT2D eigenvalue weighted by Gasteiger charge is -2.21. The van der Waals surface area contributed by atoms with Crippen molar-refractivity contribution in [3.63, 3.8) is 0 Å². The summed E-state index contributed by atoms with van der Waals surface area (Å²) in [5.41, 5.74) is 5.36. The van der Waals surface area contributed by atoms with Crippen LogP contribution >= 0.6 is 0 Å². The van der Waals surface area contributed by atoms with E-state index in [0.29, 0.717) is 6.61 Å². The van der Waals surface area contributed by atoms with Crippen molar-refractivity contribution in [2.45, 2.75) is 31.7 Å². The van der Waals surface area contributed by atoms with Crippen LogP contribution in [0.5, 0.6) is 5.75 Å². The highest BCUT2D eigenvalue weighted by Gasteiger charge is 2.26. The van der Waals surface area contributed by atoms with Crippen LogP contribution in [0.4, 0.5) is 10.5 Å². The quantitative estimate of drug-likeness (QED) is 0.613. The van der Waals surface area contributed by atoms with Crippen LogP contribution in [0.3, 0.4) is 0 Å². The van der Waals surface area contributed by atoms with Crippen LogP contribution in [-0.2, 0) is 14.8 Å². The van der Waals surface area contributed by atoms with Crippen LogP contribution in [0, 0.1) is 5.92 Å². The molecule has 3 amide bonds. The maximum absolute atomic E-state index is 12.5. The molecule has 1 aromatic rings. The third kappa shape index (κ3) is 5.33. The molecule has 4 N–H and O–H groups in total. The van der Waals surface area contributed by atoms with Crippen LogP contribution in [0.15, 0.2) is 23.1 Å². The number of carbonyl (C=O) groups is 2. The normalized spacial score (nSPS) is 12.7. The Labute approximate surface area is 153 Å². The molecule has 0 bridgehead atoms. The third-order valence-corrected chi connectivity index (χ3v) is 5.35. The summed E-state index contributed by atoms with van der Waals surface area (Å²) in [4.78, 5) is 23.4. The Bertz CT molecular complexity index is 762. The van der Waals surface area contributed by atoms with Crippen molar-refractivity contribution >= 4 is 27.6 Å². The molecule has 0 heterocycles. The highest BCUT2D eigenvalue weighted by molar-refractivity contribution is 7.89. The lowest BCUT2D eigenvalue weighted by Crippen LogP contribution is -2.49. The average molecular weight is 386 g/mol. The zero-order valence-corrected chi connectivity index (χ0v) is 16.4. The number of carbonyl (C=O) groups excluding carboxylic acids is 2. The first-order valence-corrected chi connectivity index (χ1v) is 9.50. The summed E-state index contributed by atoms with van der Waals surface area (Å²) in [7, 11) is -0.967. The molecule has 1 unspecified atom stereocenters. The number of benzene rings is 1. The molecule has 1 atom stereocenters. The number of nitrogens with zero attached hydrogens (tertiary/aromatic N) is 1. The van der Waals surface area contributed by atoms with Gasteiger partial charge in [-0.1, -0.05) is 13.8 Å². The highest BCUT2D eigenvalue weighted by atomic mass is 32.2. The van der Waals surface area contributed by atoms with Crippen LogP contribution < -0.4 is 21.1 Å². The second kappa shape index (κ2) is 8.86. The predicted octanol–water partition coefficient (Wildman–Crippen LogP) is 0.967. The lowest BCUT2D eigenvalue weighted by molar-refractivity contribution is -0.118. The first-order chi connectivity index (χ1) is 12.0. The maximum Gasteiger partial charge on any atom is 0.312 e. The molecule has 0 fully saturated rings. The Kier molecular flexibility index (Phi) is 7.40.